The van der Waals surface area contributed by atoms with Crippen LogP contribution in [0.3, 0.4) is 0 Å². The molecule has 0 saturated heterocycles. The summed E-state index contributed by atoms with van der Waals surface area (Å²) in [7, 11) is 0. The molecular weight excluding hydrogens is 755 g/mol. The van der Waals surface area contributed by atoms with Crippen LogP contribution >= 0.6 is 0 Å². The highest BCUT2D eigenvalue weighted by Crippen LogP contribution is 2.44. The van der Waals surface area contributed by atoms with Gasteiger partial charge in [0.1, 0.15) is 6.07 Å². The minimum absolute atomic E-state index is 0.597. The Morgan fingerprint density at radius 2 is 0.758 bits per heavy atom. The second-order valence-corrected chi connectivity index (χ2v) is 15.3. The van der Waals surface area contributed by atoms with E-state index in [0.29, 0.717) is 23.0 Å². The van der Waals surface area contributed by atoms with Crippen molar-refractivity contribution >= 4 is 32.4 Å². The molecule has 11 rings (SSSR count). The van der Waals surface area contributed by atoms with Crippen molar-refractivity contribution in [3.63, 3.8) is 0 Å². The monoisotopic (exact) mass is 789 g/mol. The van der Waals surface area contributed by atoms with Crippen LogP contribution in [0.2, 0.25) is 0 Å². The Balaban J connectivity index is 1.12. The van der Waals surface area contributed by atoms with Gasteiger partial charge < -0.3 is 0 Å². The molecule has 0 N–H and O–H groups in total. The number of aromatic nitrogens is 4. The van der Waals surface area contributed by atoms with Crippen molar-refractivity contribution in [2.75, 3.05) is 0 Å². The molecule has 0 bridgehead atoms. The summed E-state index contributed by atoms with van der Waals surface area (Å²) in [5.74, 6) is 1.84. The number of nitriles is 1. The van der Waals surface area contributed by atoms with E-state index in [0.717, 1.165) is 93.6 Å². The maximum Gasteiger partial charge on any atom is 0.164 e. The summed E-state index contributed by atoms with van der Waals surface area (Å²) in [6.07, 6.45) is 1.87. The molecular formula is C57H35N5. The Morgan fingerprint density at radius 3 is 1.34 bits per heavy atom. The summed E-state index contributed by atoms with van der Waals surface area (Å²) in [6, 6.07) is 73.3. The molecule has 0 radical (unpaired) electrons. The third kappa shape index (κ3) is 6.53. The van der Waals surface area contributed by atoms with E-state index in [1.165, 1.54) is 0 Å². The zero-order chi connectivity index (χ0) is 41.4. The van der Waals surface area contributed by atoms with E-state index in [4.69, 9.17) is 19.9 Å². The topological polar surface area (TPSA) is 75.3 Å². The number of hydrogen-bond donors (Lipinski definition) is 0. The fraction of sp³-hybridized carbons (Fsp3) is 0. The van der Waals surface area contributed by atoms with Gasteiger partial charge in [-0.25, -0.2) is 15.0 Å². The number of benzene rings is 9. The van der Waals surface area contributed by atoms with Crippen molar-refractivity contribution in [2.45, 2.75) is 0 Å². The molecule has 0 aliphatic rings. The number of fused-ring (bicyclic) bond motifs is 5. The maximum absolute atomic E-state index is 10.7. The largest absolute Gasteiger partial charge is 0.256 e. The standard InChI is InChI=1S/C57H35N5/c58-36-53-47(37-17-5-1-6-18-37)32-43(33-48(53)38-19-7-2-8-20-38)49-34-52-46-29-16-30-59-54(46)50(35-51(52)45-28-14-13-27-44(45)49)41-25-15-26-42(31-41)57-61-55(39-21-9-3-10-22-39)60-56(62-57)40-23-11-4-12-24-40/h1-35H. The van der Waals surface area contributed by atoms with Crippen LogP contribution in [0.4, 0.5) is 0 Å². The van der Waals surface area contributed by atoms with Gasteiger partial charge >= 0.3 is 0 Å². The van der Waals surface area contributed by atoms with Gasteiger partial charge in [0, 0.05) is 45.0 Å². The molecule has 5 heteroatoms. The van der Waals surface area contributed by atoms with Gasteiger partial charge in [-0.1, -0.05) is 170 Å². The molecule has 0 atom stereocenters. The van der Waals surface area contributed by atoms with Gasteiger partial charge in [-0.05, 0) is 85.8 Å². The van der Waals surface area contributed by atoms with Crippen LogP contribution in [0.15, 0.2) is 212 Å². The number of nitrogens with zero attached hydrogens (tertiary/aromatic N) is 5. The summed E-state index contributed by atoms with van der Waals surface area (Å²) < 4.78 is 0. The van der Waals surface area contributed by atoms with Crippen molar-refractivity contribution < 1.29 is 0 Å². The van der Waals surface area contributed by atoms with Crippen LogP contribution in [0.1, 0.15) is 5.56 Å². The van der Waals surface area contributed by atoms with Gasteiger partial charge in [-0.2, -0.15) is 5.26 Å². The van der Waals surface area contributed by atoms with Gasteiger partial charge in [0.15, 0.2) is 17.5 Å². The molecule has 2 heterocycles. The Labute approximate surface area is 359 Å². The van der Waals surface area contributed by atoms with Crippen LogP contribution in [0.25, 0.3) is 111 Å². The molecule has 9 aromatic carbocycles. The predicted molar refractivity (Wildman–Crippen MR) is 253 cm³/mol. The maximum atomic E-state index is 10.7. The van der Waals surface area contributed by atoms with Gasteiger partial charge in [0.2, 0.25) is 0 Å². The number of hydrogen-bond acceptors (Lipinski definition) is 5. The Morgan fingerprint density at radius 1 is 0.306 bits per heavy atom. The van der Waals surface area contributed by atoms with E-state index in [1.807, 2.05) is 109 Å². The first-order chi connectivity index (χ1) is 30.7. The fourth-order valence-corrected chi connectivity index (χ4v) is 8.66. The molecule has 0 amide bonds. The van der Waals surface area contributed by atoms with E-state index in [1.54, 1.807) is 0 Å². The second-order valence-electron chi connectivity index (χ2n) is 15.3. The van der Waals surface area contributed by atoms with Gasteiger partial charge in [0.05, 0.1) is 11.1 Å². The van der Waals surface area contributed by atoms with Gasteiger partial charge in [-0.15, -0.1) is 0 Å². The Kier molecular flexibility index (Phi) is 9.15. The highest BCUT2D eigenvalue weighted by atomic mass is 15.0. The smallest absolute Gasteiger partial charge is 0.164 e. The molecule has 0 unspecified atom stereocenters. The van der Waals surface area contributed by atoms with Crippen molar-refractivity contribution in [3.8, 4) is 84.7 Å². The first kappa shape index (κ1) is 36.5. The molecule has 0 spiro atoms. The lowest BCUT2D eigenvalue weighted by Gasteiger charge is -2.18. The zero-order valence-corrected chi connectivity index (χ0v) is 33.4. The lowest BCUT2D eigenvalue weighted by molar-refractivity contribution is 1.07. The van der Waals surface area contributed by atoms with E-state index in [9.17, 15) is 5.26 Å². The third-order valence-corrected chi connectivity index (χ3v) is 11.6. The van der Waals surface area contributed by atoms with E-state index in [-0.39, 0.29) is 0 Å². The van der Waals surface area contributed by atoms with E-state index < -0.39 is 0 Å². The van der Waals surface area contributed by atoms with Crippen LogP contribution in [0, 0.1) is 11.3 Å². The quantitative estimate of drug-likeness (QED) is 0.150. The first-order valence-electron chi connectivity index (χ1n) is 20.6. The summed E-state index contributed by atoms with van der Waals surface area (Å²) >= 11 is 0. The number of rotatable bonds is 7. The lowest BCUT2D eigenvalue weighted by atomic mass is 9.85. The summed E-state index contributed by atoms with van der Waals surface area (Å²) in [5.41, 5.74) is 12.2. The van der Waals surface area contributed by atoms with Crippen LogP contribution < -0.4 is 0 Å². The molecule has 5 nitrogen and oxygen atoms in total. The Hall–Kier alpha value is -8.59. The highest BCUT2D eigenvalue weighted by Gasteiger charge is 2.20. The van der Waals surface area contributed by atoms with Crippen LogP contribution in [0.5, 0.6) is 0 Å². The van der Waals surface area contributed by atoms with Crippen LogP contribution in [-0.4, -0.2) is 19.9 Å². The molecule has 0 saturated carbocycles. The summed E-state index contributed by atoms with van der Waals surface area (Å²) in [6.45, 7) is 0. The lowest BCUT2D eigenvalue weighted by Crippen LogP contribution is -2.00. The molecule has 0 fully saturated rings. The van der Waals surface area contributed by atoms with Crippen molar-refractivity contribution in [1.82, 2.24) is 19.9 Å². The minimum Gasteiger partial charge on any atom is -0.256 e. The predicted octanol–water partition coefficient (Wildman–Crippen LogP) is 14.3. The van der Waals surface area contributed by atoms with Gasteiger partial charge in [0.25, 0.3) is 0 Å². The second kappa shape index (κ2) is 15.5. The molecule has 288 valence electrons. The molecule has 0 aliphatic carbocycles. The summed E-state index contributed by atoms with van der Waals surface area (Å²) in [5, 5.41) is 16.2. The minimum atomic E-state index is 0.597. The van der Waals surface area contributed by atoms with E-state index in [2.05, 4.69) is 109 Å². The fourth-order valence-electron chi connectivity index (χ4n) is 8.66. The SMILES string of the molecule is N#Cc1c(-c2ccccc2)cc(-c2cc3c4cccnc4c(-c4cccc(-c5nc(-c6ccccc6)nc(-c6ccccc6)n5)c4)cc3c3ccccc23)cc1-c1ccccc1. The van der Waals surface area contributed by atoms with Crippen LogP contribution in [-0.2, 0) is 0 Å². The van der Waals surface area contributed by atoms with Crippen molar-refractivity contribution in [1.29, 1.82) is 5.26 Å². The van der Waals surface area contributed by atoms with Gasteiger partial charge in [-0.3, -0.25) is 4.98 Å². The van der Waals surface area contributed by atoms with Crippen molar-refractivity contribution in [2.24, 2.45) is 0 Å². The molecule has 62 heavy (non-hydrogen) atoms. The molecule has 11 aromatic rings. The zero-order valence-electron chi connectivity index (χ0n) is 33.4. The average Bonchev–Trinajstić information content (AvgIpc) is 3.36. The Bertz CT molecular complexity index is 3390. The first-order valence-corrected chi connectivity index (χ1v) is 20.6. The molecule has 2 aromatic heterocycles. The molecule has 0 aliphatic heterocycles. The average molecular weight is 790 g/mol. The summed E-state index contributed by atoms with van der Waals surface area (Å²) in [4.78, 5) is 20.0. The normalized spacial score (nSPS) is 11.2. The van der Waals surface area contributed by atoms with E-state index >= 15 is 0 Å². The number of pyridine rings is 1. The third-order valence-electron chi connectivity index (χ3n) is 11.6. The highest BCUT2D eigenvalue weighted by molar-refractivity contribution is 6.23. The van der Waals surface area contributed by atoms with Crippen molar-refractivity contribution in [3.05, 3.63) is 218 Å².